The van der Waals surface area contributed by atoms with Gasteiger partial charge in [0.1, 0.15) is 6.07 Å². The molecule has 1 saturated heterocycles. The van der Waals surface area contributed by atoms with Crippen LogP contribution < -0.4 is 10.6 Å². The maximum Gasteiger partial charge on any atom is 0.103 e. The smallest absolute Gasteiger partial charge is 0.103 e. The number of nitrogens with two attached hydrogens (primary N) is 1. The molecular weight excluding hydrogens is 248 g/mol. The second-order valence-corrected chi connectivity index (χ2v) is 5.32. The minimum atomic E-state index is 0.616. The molecule has 4 heteroatoms. The van der Waals surface area contributed by atoms with E-state index < -0.39 is 0 Å². The molecule has 1 aliphatic heterocycles. The molecular formula is C16H18N4. The summed E-state index contributed by atoms with van der Waals surface area (Å²) in [5.41, 5.74) is 8.40. The number of fused-ring (bicyclic) bond motifs is 1. The summed E-state index contributed by atoms with van der Waals surface area (Å²) >= 11 is 0. The molecule has 0 amide bonds. The lowest BCUT2D eigenvalue weighted by Crippen LogP contribution is -2.36. The molecule has 2 heterocycles. The van der Waals surface area contributed by atoms with Gasteiger partial charge in [0.05, 0.1) is 16.8 Å². The molecule has 20 heavy (non-hydrogen) atoms. The lowest BCUT2D eigenvalue weighted by molar-refractivity contribution is 0.415. The van der Waals surface area contributed by atoms with Crippen LogP contribution in [0.15, 0.2) is 30.5 Å². The van der Waals surface area contributed by atoms with E-state index in [0.717, 1.165) is 49.1 Å². The maximum absolute atomic E-state index is 9.37. The molecule has 0 atom stereocenters. The number of aromatic nitrogens is 1. The van der Waals surface area contributed by atoms with Gasteiger partial charge < -0.3 is 10.6 Å². The molecule has 0 aliphatic carbocycles. The summed E-state index contributed by atoms with van der Waals surface area (Å²) in [6.07, 6.45) is 3.88. The van der Waals surface area contributed by atoms with Crippen molar-refractivity contribution in [2.75, 3.05) is 24.5 Å². The number of piperidine rings is 1. The zero-order valence-electron chi connectivity index (χ0n) is 11.4. The van der Waals surface area contributed by atoms with Crippen molar-refractivity contribution < 1.29 is 0 Å². The quantitative estimate of drug-likeness (QED) is 0.905. The highest BCUT2D eigenvalue weighted by Crippen LogP contribution is 2.32. The van der Waals surface area contributed by atoms with E-state index in [0.29, 0.717) is 11.5 Å². The van der Waals surface area contributed by atoms with Gasteiger partial charge in [-0.25, -0.2) is 0 Å². The highest BCUT2D eigenvalue weighted by Gasteiger charge is 2.22. The topological polar surface area (TPSA) is 65.9 Å². The van der Waals surface area contributed by atoms with Crippen molar-refractivity contribution in [1.29, 1.82) is 5.26 Å². The first-order valence-corrected chi connectivity index (χ1v) is 7.06. The molecule has 1 aromatic heterocycles. The van der Waals surface area contributed by atoms with Gasteiger partial charge in [-0.15, -0.1) is 0 Å². The Morgan fingerprint density at radius 2 is 2.05 bits per heavy atom. The predicted molar refractivity (Wildman–Crippen MR) is 80.4 cm³/mol. The first kappa shape index (κ1) is 12.9. The van der Waals surface area contributed by atoms with Crippen LogP contribution in [0, 0.1) is 17.2 Å². The van der Waals surface area contributed by atoms with Gasteiger partial charge in [-0.05, 0) is 31.4 Å². The molecule has 0 radical (unpaired) electrons. The first-order chi connectivity index (χ1) is 9.83. The summed E-state index contributed by atoms with van der Waals surface area (Å²) in [7, 11) is 0. The zero-order valence-corrected chi connectivity index (χ0v) is 11.4. The summed E-state index contributed by atoms with van der Waals surface area (Å²) < 4.78 is 0. The third kappa shape index (κ3) is 2.21. The minimum Gasteiger partial charge on any atom is -0.370 e. The van der Waals surface area contributed by atoms with E-state index in [9.17, 15) is 5.26 Å². The minimum absolute atomic E-state index is 0.616. The summed E-state index contributed by atoms with van der Waals surface area (Å²) in [6, 6.07) is 10.3. The van der Waals surface area contributed by atoms with Gasteiger partial charge in [-0.3, -0.25) is 4.98 Å². The van der Waals surface area contributed by atoms with Gasteiger partial charge in [-0.1, -0.05) is 18.2 Å². The monoisotopic (exact) mass is 266 g/mol. The molecule has 3 rings (SSSR count). The van der Waals surface area contributed by atoms with Crippen LogP contribution in [0.4, 0.5) is 5.69 Å². The van der Waals surface area contributed by atoms with Crippen molar-refractivity contribution in [3.8, 4) is 6.07 Å². The van der Waals surface area contributed by atoms with Crippen LogP contribution >= 0.6 is 0 Å². The van der Waals surface area contributed by atoms with Crippen molar-refractivity contribution in [2.45, 2.75) is 12.8 Å². The van der Waals surface area contributed by atoms with Crippen LogP contribution in [0.1, 0.15) is 18.4 Å². The van der Waals surface area contributed by atoms with Crippen molar-refractivity contribution in [2.24, 2.45) is 11.7 Å². The van der Waals surface area contributed by atoms with Crippen molar-refractivity contribution in [1.82, 2.24) is 4.98 Å². The Kier molecular flexibility index (Phi) is 3.53. The van der Waals surface area contributed by atoms with E-state index in [1.54, 1.807) is 6.20 Å². The van der Waals surface area contributed by atoms with Gasteiger partial charge >= 0.3 is 0 Å². The summed E-state index contributed by atoms with van der Waals surface area (Å²) in [6.45, 7) is 2.69. The highest BCUT2D eigenvalue weighted by atomic mass is 15.1. The number of para-hydroxylation sites is 1. The number of anilines is 1. The molecule has 102 valence electrons. The Labute approximate surface area is 118 Å². The van der Waals surface area contributed by atoms with Crippen LogP contribution in [0.5, 0.6) is 0 Å². The van der Waals surface area contributed by atoms with Gasteiger partial charge in [0.25, 0.3) is 0 Å². The second kappa shape index (κ2) is 5.48. The molecule has 2 N–H and O–H groups in total. The van der Waals surface area contributed by atoms with Gasteiger partial charge in [0, 0.05) is 24.7 Å². The van der Waals surface area contributed by atoms with Crippen molar-refractivity contribution in [3.63, 3.8) is 0 Å². The maximum atomic E-state index is 9.37. The fourth-order valence-electron chi connectivity index (χ4n) is 2.94. The van der Waals surface area contributed by atoms with Crippen molar-refractivity contribution >= 4 is 16.6 Å². The Hall–Kier alpha value is -2.12. The Bertz CT molecular complexity index is 651. The standard InChI is InChI=1S/C16H18N4/c17-9-12-5-7-20(8-6-12)16-13(10-18)11-19-15-4-2-1-3-14(15)16/h1-4,11-12H,5-9,17H2. The fraction of sp³-hybridized carbons (Fsp3) is 0.375. The number of benzene rings is 1. The third-order valence-electron chi connectivity index (χ3n) is 4.13. The molecule has 1 aliphatic rings. The lowest BCUT2D eigenvalue weighted by atomic mass is 9.95. The largest absolute Gasteiger partial charge is 0.370 e. The molecule has 0 spiro atoms. The van der Waals surface area contributed by atoms with Crippen LogP contribution in [0.2, 0.25) is 0 Å². The Morgan fingerprint density at radius 1 is 1.30 bits per heavy atom. The van der Waals surface area contributed by atoms with E-state index in [1.165, 1.54) is 0 Å². The SMILES string of the molecule is N#Cc1cnc2ccccc2c1N1CCC(CN)CC1. The Balaban J connectivity index is 2.04. The van der Waals surface area contributed by atoms with Crippen LogP contribution in [0.3, 0.4) is 0 Å². The molecule has 1 fully saturated rings. The average Bonchev–Trinajstić information content (AvgIpc) is 2.54. The summed E-state index contributed by atoms with van der Waals surface area (Å²) in [5.74, 6) is 0.616. The zero-order chi connectivity index (χ0) is 13.9. The normalized spacial score (nSPS) is 16.3. The molecule has 4 nitrogen and oxygen atoms in total. The number of pyridine rings is 1. The molecule has 0 bridgehead atoms. The van der Waals surface area contributed by atoms with Crippen LogP contribution in [0.25, 0.3) is 10.9 Å². The van der Waals surface area contributed by atoms with Gasteiger partial charge in [0.2, 0.25) is 0 Å². The summed E-state index contributed by atoms with van der Waals surface area (Å²) in [5, 5.41) is 10.4. The molecule has 0 saturated carbocycles. The van der Waals surface area contributed by atoms with Crippen LogP contribution in [-0.2, 0) is 0 Å². The number of rotatable bonds is 2. The highest BCUT2D eigenvalue weighted by molar-refractivity contribution is 5.94. The second-order valence-electron chi connectivity index (χ2n) is 5.32. The molecule has 0 unspecified atom stereocenters. The lowest BCUT2D eigenvalue weighted by Gasteiger charge is -2.34. The first-order valence-electron chi connectivity index (χ1n) is 7.06. The van der Waals surface area contributed by atoms with E-state index in [4.69, 9.17) is 5.73 Å². The fourth-order valence-corrected chi connectivity index (χ4v) is 2.94. The predicted octanol–water partition coefficient (Wildman–Crippen LogP) is 2.28. The van der Waals surface area contributed by atoms with Crippen LogP contribution in [-0.4, -0.2) is 24.6 Å². The number of nitriles is 1. The van der Waals surface area contributed by atoms with E-state index in [-0.39, 0.29) is 0 Å². The average molecular weight is 266 g/mol. The number of hydrogen-bond donors (Lipinski definition) is 1. The van der Waals surface area contributed by atoms with E-state index in [2.05, 4.69) is 16.0 Å². The Morgan fingerprint density at radius 3 is 2.75 bits per heavy atom. The summed E-state index contributed by atoms with van der Waals surface area (Å²) in [4.78, 5) is 6.68. The molecule has 2 aromatic rings. The van der Waals surface area contributed by atoms with Crippen molar-refractivity contribution in [3.05, 3.63) is 36.0 Å². The van der Waals surface area contributed by atoms with Gasteiger partial charge in [-0.2, -0.15) is 5.26 Å². The third-order valence-corrected chi connectivity index (χ3v) is 4.13. The van der Waals surface area contributed by atoms with Gasteiger partial charge in [0.15, 0.2) is 0 Å². The van der Waals surface area contributed by atoms with E-state index >= 15 is 0 Å². The number of hydrogen-bond acceptors (Lipinski definition) is 4. The van der Waals surface area contributed by atoms with E-state index in [1.807, 2.05) is 24.3 Å². The molecule has 1 aromatic carbocycles. The number of nitrogens with zero attached hydrogens (tertiary/aromatic N) is 3.